The molecule has 2 nitrogen and oxygen atoms in total. The second-order valence-electron chi connectivity index (χ2n) is 4.84. The molecule has 0 spiro atoms. The summed E-state index contributed by atoms with van der Waals surface area (Å²) in [6, 6.07) is 6.40. The van der Waals surface area contributed by atoms with Gasteiger partial charge in [0.2, 0.25) is 0 Å². The van der Waals surface area contributed by atoms with E-state index in [9.17, 15) is 0 Å². The number of rotatable bonds is 4. The molecule has 0 saturated heterocycles. The molecule has 16 heavy (non-hydrogen) atoms. The van der Waals surface area contributed by atoms with Crippen molar-refractivity contribution >= 4 is 15.9 Å². The fourth-order valence-corrected chi connectivity index (χ4v) is 1.76. The van der Waals surface area contributed by atoms with Gasteiger partial charge in [0.05, 0.1) is 12.6 Å². The maximum Gasteiger partial charge on any atom is 0.123 e. The average Bonchev–Trinajstić information content (AvgIpc) is 2.24. The third kappa shape index (κ3) is 3.49. The minimum Gasteiger partial charge on any atom is -0.496 e. The molecular weight excluding hydrogens is 266 g/mol. The molecule has 0 amide bonds. The lowest BCUT2D eigenvalue weighted by Gasteiger charge is -2.21. The summed E-state index contributed by atoms with van der Waals surface area (Å²) in [6.07, 6.45) is 0. The van der Waals surface area contributed by atoms with Crippen molar-refractivity contribution in [3.8, 4) is 5.75 Å². The Balaban J connectivity index is 3.01. The van der Waals surface area contributed by atoms with Crippen molar-refractivity contribution in [1.29, 1.82) is 0 Å². The Kier molecular flexibility index (Phi) is 4.81. The van der Waals surface area contributed by atoms with Crippen LogP contribution < -0.4 is 10.1 Å². The van der Waals surface area contributed by atoms with Gasteiger partial charge in [0.25, 0.3) is 0 Å². The zero-order valence-corrected chi connectivity index (χ0v) is 12.0. The molecule has 1 aromatic rings. The van der Waals surface area contributed by atoms with Crippen LogP contribution in [0.2, 0.25) is 0 Å². The third-order valence-corrected chi connectivity index (χ3v) is 2.95. The van der Waals surface area contributed by atoms with E-state index in [1.165, 1.54) is 11.1 Å². The number of hydrogen-bond acceptors (Lipinski definition) is 2. The molecule has 3 heteroatoms. The normalized spacial score (nSPS) is 11.6. The predicted molar refractivity (Wildman–Crippen MR) is 72.3 cm³/mol. The summed E-state index contributed by atoms with van der Waals surface area (Å²) in [7, 11) is 1.71. The Bertz CT molecular complexity index is 344. The molecule has 0 aliphatic heterocycles. The van der Waals surface area contributed by atoms with Crippen LogP contribution in [0.25, 0.3) is 0 Å². The molecule has 0 aromatic heterocycles. The summed E-state index contributed by atoms with van der Waals surface area (Å²) in [5.74, 6) is 0.946. The van der Waals surface area contributed by atoms with Gasteiger partial charge in [0.1, 0.15) is 5.75 Å². The van der Waals surface area contributed by atoms with Crippen LogP contribution in [0, 0.1) is 0 Å². The lowest BCUT2D eigenvalue weighted by atomic mass is 9.86. The van der Waals surface area contributed by atoms with E-state index in [1.54, 1.807) is 7.11 Å². The van der Waals surface area contributed by atoms with Gasteiger partial charge in [-0.25, -0.2) is 0 Å². The van der Waals surface area contributed by atoms with E-state index in [4.69, 9.17) is 4.74 Å². The fraction of sp³-hybridized carbons (Fsp3) is 0.538. The highest BCUT2D eigenvalue weighted by Gasteiger charge is 2.15. The number of nitrogens with one attached hydrogen (secondary N) is 1. The maximum absolute atomic E-state index is 5.35. The summed E-state index contributed by atoms with van der Waals surface area (Å²) in [5, 5.41) is 3.25. The Morgan fingerprint density at radius 1 is 1.31 bits per heavy atom. The molecule has 1 rings (SSSR count). The molecule has 1 aromatic carbocycles. The van der Waals surface area contributed by atoms with Crippen molar-refractivity contribution < 1.29 is 4.74 Å². The van der Waals surface area contributed by atoms with Crippen molar-refractivity contribution in [2.24, 2.45) is 0 Å². The van der Waals surface area contributed by atoms with Crippen molar-refractivity contribution in [3.05, 3.63) is 29.3 Å². The molecule has 0 saturated carbocycles. The Morgan fingerprint density at radius 3 is 2.50 bits per heavy atom. The van der Waals surface area contributed by atoms with E-state index >= 15 is 0 Å². The zero-order chi connectivity index (χ0) is 12.2. The number of ether oxygens (including phenoxy) is 1. The highest BCUT2D eigenvalue weighted by Crippen LogP contribution is 2.27. The van der Waals surface area contributed by atoms with Gasteiger partial charge in [-0.05, 0) is 17.0 Å². The first-order valence-electron chi connectivity index (χ1n) is 5.43. The summed E-state index contributed by atoms with van der Waals surface area (Å²) in [4.78, 5) is 0. The molecule has 0 atom stereocenters. The van der Waals surface area contributed by atoms with Crippen LogP contribution in [-0.4, -0.2) is 12.6 Å². The Hall–Kier alpha value is -0.540. The number of halogens is 1. The van der Waals surface area contributed by atoms with Crippen LogP contribution in [0.15, 0.2) is 18.2 Å². The first-order valence-corrected chi connectivity index (χ1v) is 6.55. The molecular formula is C13H20BrNO. The van der Waals surface area contributed by atoms with E-state index < -0.39 is 0 Å². The van der Waals surface area contributed by atoms with Gasteiger partial charge in [-0.3, -0.25) is 0 Å². The molecule has 90 valence electrons. The van der Waals surface area contributed by atoms with Crippen molar-refractivity contribution in [3.63, 3.8) is 0 Å². The smallest absolute Gasteiger partial charge is 0.123 e. The van der Waals surface area contributed by atoms with Crippen molar-refractivity contribution in [2.45, 2.75) is 32.7 Å². The summed E-state index contributed by atoms with van der Waals surface area (Å²) in [5.41, 5.74) is 3.50. The van der Waals surface area contributed by atoms with Crippen molar-refractivity contribution in [2.75, 3.05) is 12.6 Å². The predicted octanol–water partition coefficient (Wildman–Crippen LogP) is 3.43. The molecule has 0 heterocycles. The third-order valence-electron chi connectivity index (χ3n) is 2.56. The van der Waals surface area contributed by atoms with Crippen LogP contribution in [0.4, 0.5) is 0 Å². The minimum absolute atomic E-state index is 0.176. The van der Waals surface area contributed by atoms with Crippen LogP contribution in [0.5, 0.6) is 5.75 Å². The number of hydrogen-bond donors (Lipinski definition) is 1. The molecule has 0 aliphatic rings. The fourth-order valence-electron chi connectivity index (χ4n) is 1.57. The highest BCUT2D eigenvalue weighted by molar-refractivity contribution is 9.09. The Morgan fingerprint density at radius 2 is 2.00 bits per heavy atom. The standard InChI is InChI=1S/C13H20BrNO/c1-13(2,3)11-5-6-12(16-4)10(7-11)8-15-9-14/h5-7,15H,8-9H2,1-4H3. The summed E-state index contributed by atoms with van der Waals surface area (Å²) in [6.45, 7) is 7.47. The largest absolute Gasteiger partial charge is 0.496 e. The lowest BCUT2D eigenvalue weighted by Crippen LogP contribution is -2.15. The second kappa shape index (κ2) is 5.69. The average molecular weight is 286 g/mol. The van der Waals surface area contributed by atoms with Crippen LogP contribution in [0.1, 0.15) is 31.9 Å². The lowest BCUT2D eigenvalue weighted by molar-refractivity contribution is 0.407. The van der Waals surface area contributed by atoms with Crippen molar-refractivity contribution in [1.82, 2.24) is 5.32 Å². The molecule has 0 bridgehead atoms. The van der Waals surface area contributed by atoms with Gasteiger partial charge in [0.15, 0.2) is 0 Å². The monoisotopic (exact) mass is 285 g/mol. The van der Waals surface area contributed by atoms with E-state index in [-0.39, 0.29) is 5.41 Å². The topological polar surface area (TPSA) is 21.3 Å². The molecule has 0 fully saturated rings. The summed E-state index contributed by atoms with van der Waals surface area (Å²) >= 11 is 3.36. The highest BCUT2D eigenvalue weighted by atomic mass is 79.9. The second-order valence-corrected chi connectivity index (χ2v) is 5.40. The first-order chi connectivity index (χ1) is 7.49. The van der Waals surface area contributed by atoms with E-state index in [0.717, 1.165) is 17.7 Å². The van der Waals surface area contributed by atoms with Crippen LogP contribution in [0.3, 0.4) is 0 Å². The number of benzene rings is 1. The first kappa shape index (κ1) is 13.5. The van der Waals surface area contributed by atoms with Gasteiger partial charge in [0, 0.05) is 12.1 Å². The molecule has 0 aliphatic carbocycles. The Labute approximate surface area is 107 Å². The van der Waals surface area contributed by atoms with Crippen LogP contribution in [-0.2, 0) is 12.0 Å². The van der Waals surface area contributed by atoms with Gasteiger partial charge < -0.3 is 10.1 Å². The molecule has 0 radical (unpaired) electrons. The molecule has 0 unspecified atom stereocenters. The number of methoxy groups -OCH3 is 1. The van der Waals surface area contributed by atoms with E-state index in [2.05, 4.69) is 54.2 Å². The maximum atomic E-state index is 5.35. The minimum atomic E-state index is 0.176. The zero-order valence-electron chi connectivity index (χ0n) is 10.4. The van der Waals surface area contributed by atoms with Gasteiger partial charge >= 0.3 is 0 Å². The summed E-state index contributed by atoms with van der Waals surface area (Å²) < 4.78 is 5.35. The van der Waals surface area contributed by atoms with Gasteiger partial charge in [-0.1, -0.05) is 48.8 Å². The van der Waals surface area contributed by atoms with E-state index in [0.29, 0.717) is 0 Å². The van der Waals surface area contributed by atoms with Gasteiger partial charge in [-0.2, -0.15) is 0 Å². The van der Waals surface area contributed by atoms with Gasteiger partial charge in [-0.15, -0.1) is 0 Å². The molecule has 1 N–H and O–H groups in total. The van der Waals surface area contributed by atoms with E-state index in [1.807, 2.05) is 6.07 Å². The quantitative estimate of drug-likeness (QED) is 0.676. The SMILES string of the molecule is COc1ccc(C(C)(C)C)cc1CNCBr. The number of alkyl halides is 1. The van der Waals surface area contributed by atoms with Crippen LogP contribution >= 0.6 is 15.9 Å².